The van der Waals surface area contributed by atoms with Crippen LogP contribution in [0.5, 0.6) is 0 Å². The lowest BCUT2D eigenvalue weighted by molar-refractivity contribution is -0.143. The van der Waals surface area contributed by atoms with E-state index in [0.717, 1.165) is 29.6 Å². The zero-order valence-corrected chi connectivity index (χ0v) is 16.8. The van der Waals surface area contributed by atoms with Crippen LogP contribution in [0.1, 0.15) is 22.7 Å². The number of carboxylic acids is 1. The number of carboxylic acid groups (broad SMARTS) is 1. The van der Waals surface area contributed by atoms with Gasteiger partial charge in [0.2, 0.25) is 0 Å². The fourth-order valence-electron chi connectivity index (χ4n) is 4.21. The molecule has 2 heterocycles. The zero-order chi connectivity index (χ0) is 19.8. The van der Waals surface area contributed by atoms with Crippen molar-refractivity contribution in [2.45, 2.75) is 19.9 Å². The summed E-state index contributed by atoms with van der Waals surface area (Å²) in [6.45, 7) is 7.21. The Kier molecular flexibility index (Phi) is 5.04. The van der Waals surface area contributed by atoms with Crippen LogP contribution in [0.15, 0.2) is 42.6 Å². The van der Waals surface area contributed by atoms with E-state index in [0.29, 0.717) is 18.1 Å². The first-order valence-corrected chi connectivity index (χ1v) is 9.87. The molecule has 0 radical (unpaired) electrons. The van der Waals surface area contributed by atoms with Gasteiger partial charge in [-0.2, -0.15) is 0 Å². The van der Waals surface area contributed by atoms with Gasteiger partial charge >= 0.3 is 5.97 Å². The summed E-state index contributed by atoms with van der Waals surface area (Å²) in [5.41, 5.74) is 5.42. The standard InChI is InChI=1S/C22H24ClN3O2/c1-14-3-6-20(15(2)11-14)25-7-9-26(10-8-25)21(22(27)28)18-13-24-19-5-4-16(23)12-17(18)19/h3-6,11-13,21,24H,7-10H2,1-2H3,(H,27,28)/t21-/m1/s1. The maximum Gasteiger partial charge on any atom is 0.325 e. The molecule has 2 aromatic carbocycles. The summed E-state index contributed by atoms with van der Waals surface area (Å²) in [5, 5.41) is 11.5. The van der Waals surface area contributed by atoms with E-state index in [2.05, 4.69) is 41.9 Å². The van der Waals surface area contributed by atoms with E-state index >= 15 is 0 Å². The number of nitrogens with zero attached hydrogens (tertiary/aromatic N) is 2. The van der Waals surface area contributed by atoms with Gasteiger partial charge in [-0.05, 0) is 43.7 Å². The molecule has 1 aliphatic rings. The number of aromatic amines is 1. The minimum Gasteiger partial charge on any atom is -0.480 e. The molecule has 0 bridgehead atoms. The third-order valence-corrected chi connectivity index (χ3v) is 5.81. The molecule has 28 heavy (non-hydrogen) atoms. The molecule has 1 fully saturated rings. The van der Waals surface area contributed by atoms with Crippen molar-refractivity contribution in [3.63, 3.8) is 0 Å². The Morgan fingerprint density at radius 1 is 1.11 bits per heavy atom. The van der Waals surface area contributed by atoms with E-state index in [4.69, 9.17) is 11.6 Å². The zero-order valence-electron chi connectivity index (χ0n) is 16.1. The minimum atomic E-state index is -0.833. The summed E-state index contributed by atoms with van der Waals surface area (Å²) in [5.74, 6) is -0.833. The van der Waals surface area contributed by atoms with Gasteiger partial charge in [0.05, 0.1) is 0 Å². The van der Waals surface area contributed by atoms with Gasteiger partial charge in [-0.15, -0.1) is 0 Å². The quantitative estimate of drug-likeness (QED) is 0.685. The van der Waals surface area contributed by atoms with E-state index in [9.17, 15) is 9.90 Å². The smallest absolute Gasteiger partial charge is 0.325 e. The molecule has 0 unspecified atom stereocenters. The summed E-state index contributed by atoms with van der Waals surface area (Å²) in [6.07, 6.45) is 1.80. The van der Waals surface area contributed by atoms with Gasteiger partial charge in [0, 0.05) is 59.6 Å². The minimum absolute atomic E-state index is 0.608. The van der Waals surface area contributed by atoms with Gasteiger partial charge in [0.1, 0.15) is 6.04 Å². The van der Waals surface area contributed by atoms with E-state index in [1.165, 1.54) is 16.8 Å². The summed E-state index contributed by atoms with van der Waals surface area (Å²) in [7, 11) is 0. The Balaban J connectivity index is 1.57. The Morgan fingerprint density at radius 2 is 1.86 bits per heavy atom. The molecule has 4 rings (SSSR count). The lowest BCUT2D eigenvalue weighted by atomic mass is 10.0. The molecule has 0 saturated carbocycles. The second-order valence-electron chi connectivity index (χ2n) is 7.49. The monoisotopic (exact) mass is 397 g/mol. The topological polar surface area (TPSA) is 59.6 Å². The van der Waals surface area contributed by atoms with Gasteiger partial charge in [-0.25, -0.2) is 0 Å². The molecule has 0 amide bonds. The van der Waals surface area contributed by atoms with Crippen LogP contribution in [0, 0.1) is 13.8 Å². The second-order valence-corrected chi connectivity index (χ2v) is 7.92. The summed E-state index contributed by atoms with van der Waals surface area (Å²) in [4.78, 5) is 19.7. The summed E-state index contributed by atoms with van der Waals surface area (Å²) >= 11 is 6.15. The van der Waals surface area contributed by atoms with Crippen LogP contribution in [0.2, 0.25) is 5.02 Å². The van der Waals surface area contributed by atoms with Gasteiger partial charge in [-0.3, -0.25) is 9.69 Å². The maximum absolute atomic E-state index is 12.2. The number of anilines is 1. The van der Waals surface area contributed by atoms with Gasteiger partial charge in [0.15, 0.2) is 0 Å². The van der Waals surface area contributed by atoms with Crippen molar-refractivity contribution in [3.8, 4) is 0 Å². The lowest BCUT2D eigenvalue weighted by Crippen LogP contribution is -2.49. The Bertz CT molecular complexity index is 1020. The summed E-state index contributed by atoms with van der Waals surface area (Å²) in [6, 6.07) is 11.3. The number of nitrogens with one attached hydrogen (secondary N) is 1. The number of aromatic nitrogens is 1. The van der Waals surface area contributed by atoms with Crippen LogP contribution in [-0.2, 0) is 4.79 Å². The SMILES string of the molecule is Cc1ccc(N2CCN([C@@H](C(=O)O)c3c[nH]c4ccc(Cl)cc34)CC2)c(C)c1. The molecular weight excluding hydrogens is 374 g/mol. The van der Waals surface area contributed by atoms with Gasteiger partial charge < -0.3 is 15.0 Å². The van der Waals surface area contributed by atoms with Crippen LogP contribution >= 0.6 is 11.6 Å². The largest absolute Gasteiger partial charge is 0.480 e. The molecule has 1 atom stereocenters. The second kappa shape index (κ2) is 7.49. The number of H-pyrrole nitrogens is 1. The van der Waals surface area contributed by atoms with Crippen molar-refractivity contribution < 1.29 is 9.90 Å². The highest BCUT2D eigenvalue weighted by atomic mass is 35.5. The fourth-order valence-corrected chi connectivity index (χ4v) is 4.38. The molecule has 6 heteroatoms. The van der Waals surface area contributed by atoms with Crippen LogP contribution in [0.4, 0.5) is 5.69 Å². The average Bonchev–Trinajstić information content (AvgIpc) is 3.05. The van der Waals surface area contributed by atoms with Crippen LogP contribution in [-0.4, -0.2) is 47.1 Å². The Morgan fingerprint density at radius 3 is 2.54 bits per heavy atom. The first kappa shape index (κ1) is 18.8. The molecule has 146 valence electrons. The molecule has 1 aromatic heterocycles. The number of fused-ring (bicyclic) bond motifs is 1. The van der Waals surface area contributed by atoms with Crippen molar-refractivity contribution in [3.05, 3.63) is 64.3 Å². The predicted molar refractivity (Wildman–Crippen MR) is 113 cm³/mol. The number of rotatable bonds is 4. The third-order valence-electron chi connectivity index (χ3n) is 5.58. The van der Waals surface area contributed by atoms with Crippen LogP contribution < -0.4 is 4.90 Å². The van der Waals surface area contributed by atoms with E-state index in [1.54, 1.807) is 6.20 Å². The highest BCUT2D eigenvalue weighted by Crippen LogP contribution is 2.32. The number of aryl methyl sites for hydroxylation is 2. The molecule has 5 nitrogen and oxygen atoms in total. The van der Waals surface area contributed by atoms with E-state index < -0.39 is 12.0 Å². The number of piperazine rings is 1. The Hall–Kier alpha value is -2.50. The Labute approximate surface area is 169 Å². The third kappa shape index (κ3) is 3.48. The van der Waals surface area contributed by atoms with Gasteiger partial charge in [-0.1, -0.05) is 29.3 Å². The van der Waals surface area contributed by atoms with Crippen molar-refractivity contribution in [1.82, 2.24) is 9.88 Å². The molecule has 2 N–H and O–H groups in total. The van der Waals surface area contributed by atoms with Crippen molar-refractivity contribution in [2.75, 3.05) is 31.1 Å². The molecule has 0 aliphatic carbocycles. The number of hydrogen-bond donors (Lipinski definition) is 2. The molecule has 3 aromatic rings. The van der Waals surface area contributed by atoms with Crippen molar-refractivity contribution >= 4 is 34.2 Å². The van der Waals surface area contributed by atoms with Crippen LogP contribution in [0.25, 0.3) is 10.9 Å². The number of benzene rings is 2. The summed E-state index contributed by atoms with van der Waals surface area (Å²) < 4.78 is 0. The van der Waals surface area contributed by atoms with Crippen molar-refractivity contribution in [2.24, 2.45) is 0 Å². The average molecular weight is 398 g/mol. The van der Waals surface area contributed by atoms with Crippen molar-refractivity contribution in [1.29, 1.82) is 0 Å². The number of carbonyl (C=O) groups is 1. The van der Waals surface area contributed by atoms with E-state index in [1.807, 2.05) is 23.1 Å². The number of aliphatic carboxylic acids is 1. The van der Waals surface area contributed by atoms with Gasteiger partial charge in [0.25, 0.3) is 0 Å². The normalized spacial score (nSPS) is 16.5. The molecule has 1 saturated heterocycles. The van der Waals surface area contributed by atoms with E-state index in [-0.39, 0.29) is 0 Å². The number of halogens is 1. The lowest BCUT2D eigenvalue weighted by Gasteiger charge is -2.39. The predicted octanol–water partition coefficient (Wildman–Crippen LogP) is 4.39. The van der Waals surface area contributed by atoms with Crippen LogP contribution in [0.3, 0.4) is 0 Å². The first-order chi connectivity index (χ1) is 13.4. The molecule has 0 spiro atoms. The molecular formula is C22H24ClN3O2. The molecule has 1 aliphatic heterocycles. The maximum atomic E-state index is 12.2. The highest BCUT2D eigenvalue weighted by molar-refractivity contribution is 6.31. The first-order valence-electron chi connectivity index (χ1n) is 9.49. The fraction of sp³-hybridized carbons (Fsp3) is 0.318. The highest BCUT2D eigenvalue weighted by Gasteiger charge is 2.32. The number of hydrogen-bond acceptors (Lipinski definition) is 3.